The molecule has 2 aliphatic heterocycles. The number of carbonyl (C=O) groups is 2. The van der Waals surface area contributed by atoms with Gasteiger partial charge >= 0.3 is 6.09 Å². The number of H-pyrrole nitrogens is 1. The lowest BCUT2D eigenvalue weighted by Crippen LogP contribution is -2.35. The first-order chi connectivity index (χ1) is 16.4. The Labute approximate surface area is 197 Å². The zero-order chi connectivity index (χ0) is 23.8. The van der Waals surface area contributed by atoms with Crippen LogP contribution >= 0.6 is 0 Å². The van der Waals surface area contributed by atoms with Gasteiger partial charge in [-0.15, -0.1) is 5.10 Å². The van der Waals surface area contributed by atoms with Crippen molar-refractivity contribution in [1.29, 1.82) is 5.26 Å². The highest BCUT2D eigenvalue weighted by Crippen LogP contribution is 2.32. The second-order valence-corrected chi connectivity index (χ2v) is 9.41. The average Bonchev–Trinajstić information content (AvgIpc) is 3.56. The molecular weight excluding hydrogens is 432 g/mol. The van der Waals surface area contributed by atoms with E-state index in [0.29, 0.717) is 42.8 Å². The van der Waals surface area contributed by atoms with E-state index in [4.69, 9.17) is 10.00 Å². The fourth-order valence-electron chi connectivity index (χ4n) is 5.03. The van der Waals surface area contributed by atoms with Crippen molar-refractivity contribution in [2.24, 2.45) is 11.8 Å². The minimum atomic E-state index is -0.331. The fraction of sp³-hybridized carbons (Fsp3) is 0.400. The normalized spacial score (nSPS) is 19.5. The molecule has 9 heteroatoms. The summed E-state index contributed by atoms with van der Waals surface area (Å²) >= 11 is 0. The van der Waals surface area contributed by atoms with Gasteiger partial charge in [0, 0.05) is 43.6 Å². The van der Waals surface area contributed by atoms with E-state index in [2.05, 4.69) is 35.3 Å². The first kappa shape index (κ1) is 21.9. The zero-order valence-corrected chi connectivity index (χ0v) is 19.2. The van der Waals surface area contributed by atoms with E-state index in [-0.39, 0.29) is 36.4 Å². The Balaban J connectivity index is 1.17. The number of nitrogens with one attached hydrogen (secondary N) is 1. The molecule has 0 aliphatic carbocycles. The third kappa shape index (κ3) is 4.07. The summed E-state index contributed by atoms with van der Waals surface area (Å²) in [6, 6.07) is 13.0. The molecule has 9 nitrogen and oxygen atoms in total. The summed E-state index contributed by atoms with van der Waals surface area (Å²) in [5, 5.41) is 19.7. The number of aromatic nitrogens is 3. The maximum Gasteiger partial charge on any atom is 0.410 e. The van der Waals surface area contributed by atoms with Gasteiger partial charge in [-0.05, 0) is 47.4 Å². The number of nitriles is 1. The molecule has 1 N–H and O–H groups in total. The number of fused-ring (bicyclic) bond motifs is 2. The summed E-state index contributed by atoms with van der Waals surface area (Å²) in [6.45, 7) is 6.70. The van der Waals surface area contributed by atoms with Crippen LogP contribution in [0.5, 0.6) is 0 Å². The number of hydrogen-bond acceptors (Lipinski definition) is 6. The molecular formula is C25H26N6O3. The van der Waals surface area contributed by atoms with Crippen LogP contribution in [0.15, 0.2) is 36.4 Å². The van der Waals surface area contributed by atoms with Crippen molar-refractivity contribution in [2.75, 3.05) is 26.2 Å². The molecule has 2 aromatic carbocycles. The summed E-state index contributed by atoms with van der Waals surface area (Å²) < 4.78 is 5.63. The van der Waals surface area contributed by atoms with Crippen LogP contribution in [-0.2, 0) is 11.3 Å². The topological polar surface area (TPSA) is 115 Å². The molecule has 0 saturated carbocycles. The first-order valence-corrected chi connectivity index (χ1v) is 11.5. The quantitative estimate of drug-likeness (QED) is 0.641. The van der Waals surface area contributed by atoms with Gasteiger partial charge in [-0.2, -0.15) is 5.26 Å². The smallest absolute Gasteiger partial charge is 0.410 e. The molecule has 5 rings (SSSR count). The highest BCUT2D eigenvalue weighted by Gasteiger charge is 2.43. The number of nitrogens with zero attached hydrogens (tertiary/aromatic N) is 5. The van der Waals surface area contributed by atoms with Crippen LogP contribution in [0.25, 0.3) is 11.0 Å². The van der Waals surface area contributed by atoms with Gasteiger partial charge in [0.1, 0.15) is 12.1 Å². The van der Waals surface area contributed by atoms with Gasteiger partial charge in [-0.25, -0.2) is 4.79 Å². The van der Waals surface area contributed by atoms with Crippen molar-refractivity contribution in [3.8, 4) is 6.07 Å². The zero-order valence-electron chi connectivity index (χ0n) is 19.2. The van der Waals surface area contributed by atoms with E-state index in [1.807, 2.05) is 23.1 Å². The standard InChI is InChI=1S/C25H26N6O3/c1-15(2)21-7-16(9-26)3-4-18(21)14-34-25(33)31-12-19-10-30(11-20(19)13-31)24(32)17-5-6-22-23(8-17)28-29-27-22/h3-8,15,19-20H,10-14H2,1-2H3,(H,27,28,29)/t19-,20-/m0/s1. The number of aromatic amines is 1. The van der Waals surface area contributed by atoms with E-state index in [1.54, 1.807) is 23.1 Å². The monoisotopic (exact) mass is 458 g/mol. The van der Waals surface area contributed by atoms with E-state index >= 15 is 0 Å². The van der Waals surface area contributed by atoms with Crippen molar-refractivity contribution >= 4 is 23.0 Å². The predicted molar refractivity (Wildman–Crippen MR) is 124 cm³/mol. The lowest BCUT2D eigenvalue weighted by molar-refractivity contribution is 0.0764. The molecule has 0 spiro atoms. The minimum absolute atomic E-state index is 0.0181. The molecule has 2 aliphatic rings. The highest BCUT2D eigenvalue weighted by atomic mass is 16.6. The Hall–Kier alpha value is -3.93. The molecule has 0 bridgehead atoms. The Morgan fingerprint density at radius 3 is 2.56 bits per heavy atom. The maximum atomic E-state index is 13.0. The van der Waals surface area contributed by atoms with E-state index < -0.39 is 0 Å². The molecule has 34 heavy (non-hydrogen) atoms. The largest absolute Gasteiger partial charge is 0.445 e. The van der Waals surface area contributed by atoms with Gasteiger partial charge in [-0.1, -0.05) is 25.1 Å². The molecule has 0 unspecified atom stereocenters. The number of ether oxygens (including phenoxy) is 1. The average molecular weight is 459 g/mol. The molecule has 0 radical (unpaired) electrons. The molecule has 3 aromatic rings. The van der Waals surface area contributed by atoms with E-state index in [9.17, 15) is 9.59 Å². The van der Waals surface area contributed by atoms with Gasteiger partial charge in [0.2, 0.25) is 0 Å². The SMILES string of the molecule is CC(C)c1cc(C#N)ccc1COC(=O)N1C[C@@H]2CN(C(=O)c3ccc4[nH]nnc4c3)C[C@H]2C1. The van der Waals surface area contributed by atoms with Crippen LogP contribution < -0.4 is 0 Å². The Morgan fingerprint density at radius 1 is 1.12 bits per heavy atom. The van der Waals surface area contributed by atoms with Crippen LogP contribution in [0, 0.1) is 23.2 Å². The predicted octanol–water partition coefficient (Wildman–Crippen LogP) is 3.29. The van der Waals surface area contributed by atoms with Crippen molar-refractivity contribution in [3.63, 3.8) is 0 Å². The molecule has 2 atom stereocenters. The van der Waals surface area contributed by atoms with Gasteiger partial charge in [-0.3, -0.25) is 9.89 Å². The summed E-state index contributed by atoms with van der Waals surface area (Å²) in [4.78, 5) is 29.4. The number of benzene rings is 2. The lowest BCUT2D eigenvalue weighted by atomic mass is 9.95. The van der Waals surface area contributed by atoms with Crippen LogP contribution in [0.3, 0.4) is 0 Å². The van der Waals surface area contributed by atoms with Gasteiger partial charge in [0.15, 0.2) is 0 Å². The summed E-state index contributed by atoms with van der Waals surface area (Å²) in [7, 11) is 0. The van der Waals surface area contributed by atoms with Crippen LogP contribution in [0.2, 0.25) is 0 Å². The summed E-state index contributed by atoms with van der Waals surface area (Å²) in [5.41, 5.74) is 4.60. The third-order valence-corrected chi connectivity index (χ3v) is 6.85. The van der Waals surface area contributed by atoms with Gasteiger partial charge in [0.25, 0.3) is 5.91 Å². The van der Waals surface area contributed by atoms with E-state index in [0.717, 1.165) is 16.6 Å². The summed E-state index contributed by atoms with van der Waals surface area (Å²) in [6.07, 6.45) is -0.331. The Kier molecular flexibility index (Phi) is 5.65. The maximum absolute atomic E-state index is 13.0. The van der Waals surface area contributed by atoms with Crippen LogP contribution in [-0.4, -0.2) is 63.4 Å². The number of rotatable bonds is 4. The second kappa shape index (κ2) is 8.78. The van der Waals surface area contributed by atoms with Crippen LogP contribution in [0.4, 0.5) is 4.79 Å². The molecule has 2 fully saturated rings. The highest BCUT2D eigenvalue weighted by molar-refractivity contribution is 5.97. The van der Waals surface area contributed by atoms with Crippen LogP contribution in [0.1, 0.15) is 46.8 Å². The molecule has 2 amide bonds. The number of amides is 2. The Morgan fingerprint density at radius 2 is 1.85 bits per heavy atom. The fourth-order valence-corrected chi connectivity index (χ4v) is 5.03. The number of carbonyl (C=O) groups excluding carboxylic acids is 2. The molecule has 1 aromatic heterocycles. The first-order valence-electron chi connectivity index (χ1n) is 11.5. The summed E-state index contributed by atoms with van der Waals surface area (Å²) in [5.74, 6) is 0.693. The van der Waals surface area contributed by atoms with E-state index in [1.165, 1.54) is 0 Å². The number of hydrogen-bond donors (Lipinski definition) is 1. The minimum Gasteiger partial charge on any atom is -0.445 e. The molecule has 174 valence electrons. The second-order valence-electron chi connectivity index (χ2n) is 9.41. The lowest BCUT2D eigenvalue weighted by Gasteiger charge is -2.22. The molecule has 3 heterocycles. The number of likely N-dealkylation sites (tertiary alicyclic amines) is 2. The Bertz CT molecular complexity index is 1280. The van der Waals surface area contributed by atoms with Gasteiger partial charge in [0.05, 0.1) is 17.1 Å². The molecule has 2 saturated heterocycles. The third-order valence-electron chi connectivity index (χ3n) is 6.85. The van der Waals surface area contributed by atoms with Crippen molar-refractivity contribution in [3.05, 3.63) is 58.7 Å². The van der Waals surface area contributed by atoms with Gasteiger partial charge < -0.3 is 14.5 Å². The van der Waals surface area contributed by atoms with Crippen molar-refractivity contribution in [1.82, 2.24) is 25.2 Å². The van der Waals surface area contributed by atoms with Crippen molar-refractivity contribution < 1.29 is 14.3 Å². The van der Waals surface area contributed by atoms with Crippen molar-refractivity contribution in [2.45, 2.75) is 26.4 Å².